The maximum absolute atomic E-state index is 13.6. The van der Waals surface area contributed by atoms with Crippen molar-refractivity contribution >= 4 is 11.0 Å². The molecule has 0 amide bonds. The zero-order valence-electron chi connectivity index (χ0n) is 10.7. The first-order valence-electron chi connectivity index (χ1n) is 6.23. The lowest BCUT2D eigenvalue weighted by atomic mass is 10.1. The molecular weight excluding hydrogens is 284 g/mol. The molecule has 3 rings (SSSR count). The van der Waals surface area contributed by atoms with Crippen molar-refractivity contribution in [3.05, 3.63) is 65.2 Å². The van der Waals surface area contributed by atoms with Crippen molar-refractivity contribution in [2.24, 2.45) is 0 Å². The van der Waals surface area contributed by atoms with Crippen LogP contribution in [0.3, 0.4) is 0 Å². The summed E-state index contributed by atoms with van der Waals surface area (Å²) in [6.07, 6.45) is -4.20. The maximum atomic E-state index is 13.6. The number of aromatic amines is 1. The second kappa shape index (κ2) is 4.87. The third kappa shape index (κ3) is 2.74. The number of alkyl halides is 3. The molecule has 0 saturated carbocycles. The van der Waals surface area contributed by atoms with Crippen molar-refractivity contribution in [1.82, 2.24) is 9.97 Å². The number of rotatable bonds is 2. The van der Waals surface area contributed by atoms with E-state index >= 15 is 0 Å². The Bertz CT molecular complexity index is 790. The van der Waals surface area contributed by atoms with Gasteiger partial charge in [0.05, 0.1) is 16.6 Å². The third-order valence-electron chi connectivity index (χ3n) is 3.17. The van der Waals surface area contributed by atoms with E-state index in [1.54, 1.807) is 18.2 Å². The van der Waals surface area contributed by atoms with Crippen LogP contribution >= 0.6 is 0 Å². The van der Waals surface area contributed by atoms with Gasteiger partial charge in [-0.1, -0.05) is 18.2 Å². The average Bonchev–Trinajstić information content (AvgIpc) is 2.81. The van der Waals surface area contributed by atoms with Crippen LogP contribution in [0.25, 0.3) is 11.0 Å². The summed E-state index contributed by atoms with van der Waals surface area (Å²) in [6, 6.07) is 9.52. The van der Waals surface area contributed by atoms with Gasteiger partial charge in [0.1, 0.15) is 11.6 Å². The molecule has 2 nitrogen and oxygen atoms in total. The Balaban J connectivity index is 1.96. The normalized spacial score (nSPS) is 12.0. The van der Waals surface area contributed by atoms with Gasteiger partial charge in [-0.25, -0.2) is 9.37 Å². The van der Waals surface area contributed by atoms with E-state index in [9.17, 15) is 17.6 Å². The monoisotopic (exact) mass is 294 g/mol. The van der Waals surface area contributed by atoms with E-state index in [1.165, 1.54) is 12.1 Å². The Hall–Kier alpha value is -2.37. The van der Waals surface area contributed by atoms with E-state index in [2.05, 4.69) is 9.97 Å². The fourth-order valence-electron chi connectivity index (χ4n) is 2.14. The number of nitrogens with one attached hydrogen (secondary N) is 1. The predicted octanol–water partition coefficient (Wildman–Crippen LogP) is 4.31. The van der Waals surface area contributed by atoms with Gasteiger partial charge in [-0.3, -0.25) is 0 Å². The van der Waals surface area contributed by atoms with Gasteiger partial charge in [-0.2, -0.15) is 13.2 Å². The molecule has 0 saturated heterocycles. The molecule has 3 aromatic rings. The Labute approximate surface area is 117 Å². The molecule has 0 aliphatic rings. The lowest BCUT2D eigenvalue weighted by Gasteiger charge is -2.05. The number of hydrogen-bond acceptors (Lipinski definition) is 1. The number of H-pyrrole nitrogens is 1. The molecule has 0 spiro atoms. The van der Waals surface area contributed by atoms with Crippen molar-refractivity contribution in [2.45, 2.75) is 12.6 Å². The highest BCUT2D eigenvalue weighted by atomic mass is 19.4. The SMILES string of the molecule is Fc1ccccc1Cc1nc2ccc(C(F)(F)F)cc2[nH]1. The van der Waals surface area contributed by atoms with E-state index in [4.69, 9.17) is 0 Å². The first-order valence-corrected chi connectivity index (χ1v) is 6.23. The van der Waals surface area contributed by atoms with Crippen LogP contribution < -0.4 is 0 Å². The third-order valence-corrected chi connectivity index (χ3v) is 3.17. The molecule has 0 aliphatic heterocycles. The van der Waals surface area contributed by atoms with Crippen LogP contribution in [0.15, 0.2) is 42.5 Å². The van der Waals surface area contributed by atoms with E-state index in [0.717, 1.165) is 12.1 Å². The lowest BCUT2D eigenvalue weighted by Crippen LogP contribution is -2.04. The summed E-state index contributed by atoms with van der Waals surface area (Å²) in [7, 11) is 0. The fraction of sp³-hybridized carbons (Fsp3) is 0.133. The molecule has 1 aromatic heterocycles. The molecule has 0 radical (unpaired) electrons. The second-order valence-electron chi connectivity index (χ2n) is 4.68. The van der Waals surface area contributed by atoms with Crippen molar-refractivity contribution in [3.63, 3.8) is 0 Å². The number of aromatic nitrogens is 2. The van der Waals surface area contributed by atoms with Crippen LogP contribution in [-0.2, 0) is 12.6 Å². The molecule has 2 aromatic carbocycles. The smallest absolute Gasteiger partial charge is 0.342 e. The van der Waals surface area contributed by atoms with Crippen LogP contribution in [-0.4, -0.2) is 9.97 Å². The fourth-order valence-corrected chi connectivity index (χ4v) is 2.14. The zero-order chi connectivity index (χ0) is 15.0. The van der Waals surface area contributed by atoms with Gasteiger partial charge in [0.15, 0.2) is 0 Å². The van der Waals surface area contributed by atoms with Gasteiger partial charge < -0.3 is 4.98 Å². The molecule has 0 atom stereocenters. The summed E-state index contributed by atoms with van der Waals surface area (Å²) >= 11 is 0. The number of nitrogens with zero attached hydrogens (tertiary/aromatic N) is 1. The Morgan fingerprint density at radius 2 is 1.81 bits per heavy atom. The number of hydrogen-bond donors (Lipinski definition) is 1. The molecule has 0 fully saturated rings. The summed E-state index contributed by atoms with van der Waals surface area (Å²) in [5.41, 5.74) is 0.411. The van der Waals surface area contributed by atoms with Crippen LogP contribution in [0.2, 0.25) is 0 Å². The van der Waals surface area contributed by atoms with E-state index < -0.39 is 11.7 Å². The lowest BCUT2D eigenvalue weighted by molar-refractivity contribution is -0.137. The topological polar surface area (TPSA) is 28.7 Å². The average molecular weight is 294 g/mol. The summed E-state index contributed by atoms with van der Waals surface area (Å²) in [6.45, 7) is 0. The summed E-state index contributed by atoms with van der Waals surface area (Å²) in [4.78, 5) is 6.99. The second-order valence-corrected chi connectivity index (χ2v) is 4.68. The highest BCUT2D eigenvalue weighted by Gasteiger charge is 2.30. The van der Waals surface area contributed by atoms with Crippen LogP contribution in [0, 0.1) is 5.82 Å². The van der Waals surface area contributed by atoms with Gasteiger partial charge in [-0.05, 0) is 29.8 Å². The van der Waals surface area contributed by atoms with Crippen LogP contribution in [0.4, 0.5) is 17.6 Å². The molecule has 6 heteroatoms. The molecule has 1 N–H and O–H groups in total. The largest absolute Gasteiger partial charge is 0.416 e. The highest BCUT2D eigenvalue weighted by Crippen LogP contribution is 2.31. The molecule has 108 valence electrons. The van der Waals surface area contributed by atoms with E-state index in [0.29, 0.717) is 16.9 Å². The van der Waals surface area contributed by atoms with Crippen molar-refractivity contribution in [2.75, 3.05) is 0 Å². The van der Waals surface area contributed by atoms with Gasteiger partial charge in [0.2, 0.25) is 0 Å². The minimum Gasteiger partial charge on any atom is -0.342 e. The quantitative estimate of drug-likeness (QED) is 0.701. The van der Waals surface area contributed by atoms with Crippen molar-refractivity contribution < 1.29 is 17.6 Å². The van der Waals surface area contributed by atoms with Crippen LogP contribution in [0.5, 0.6) is 0 Å². The van der Waals surface area contributed by atoms with E-state index in [1.807, 2.05) is 0 Å². The Morgan fingerprint density at radius 1 is 1.05 bits per heavy atom. The first-order chi connectivity index (χ1) is 9.93. The van der Waals surface area contributed by atoms with Gasteiger partial charge in [-0.15, -0.1) is 0 Å². The summed E-state index contributed by atoms with van der Waals surface area (Å²) in [5, 5.41) is 0. The minimum atomic E-state index is -4.40. The van der Waals surface area contributed by atoms with Crippen molar-refractivity contribution in [1.29, 1.82) is 0 Å². The number of benzene rings is 2. The van der Waals surface area contributed by atoms with Gasteiger partial charge in [0.25, 0.3) is 0 Å². The number of halogens is 4. The molecule has 1 heterocycles. The summed E-state index contributed by atoms with van der Waals surface area (Å²) < 4.78 is 51.5. The molecule has 21 heavy (non-hydrogen) atoms. The number of imidazole rings is 1. The minimum absolute atomic E-state index is 0.197. The predicted molar refractivity (Wildman–Crippen MR) is 70.3 cm³/mol. The Kier molecular flexibility index (Phi) is 3.16. The van der Waals surface area contributed by atoms with Gasteiger partial charge >= 0.3 is 6.18 Å². The standard InChI is InChI=1S/C15H10F4N2/c16-11-4-2-1-3-9(11)7-14-20-12-6-5-10(15(17,18)19)8-13(12)21-14/h1-6,8H,7H2,(H,20,21). The maximum Gasteiger partial charge on any atom is 0.416 e. The Morgan fingerprint density at radius 3 is 2.52 bits per heavy atom. The van der Waals surface area contributed by atoms with Gasteiger partial charge in [0, 0.05) is 6.42 Å². The molecule has 0 bridgehead atoms. The summed E-state index contributed by atoms with van der Waals surface area (Å²) in [5.74, 6) is 0.0587. The first kappa shape index (κ1) is 13.6. The van der Waals surface area contributed by atoms with Crippen molar-refractivity contribution in [3.8, 4) is 0 Å². The van der Waals surface area contributed by atoms with E-state index in [-0.39, 0.29) is 17.8 Å². The molecule has 0 aliphatic carbocycles. The number of fused-ring (bicyclic) bond motifs is 1. The molecular formula is C15H10F4N2. The molecule has 0 unspecified atom stereocenters. The highest BCUT2D eigenvalue weighted by molar-refractivity contribution is 5.76. The van der Waals surface area contributed by atoms with Crippen LogP contribution in [0.1, 0.15) is 17.0 Å². The zero-order valence-corrected chi connectivity index (χ0v) is 10.7.